The molecule has 1 aromatic heterocycles. The van der Waals surface area contributed by atoms with E-state index in [0.717, 1.165) is 24.2 Å². The third-order valence-electron chi connectivity index (χ3n) is 4.64. The SMILES string of the molecule is CC(C)C1N(S(=O)(=O)c2cc(C(=O)O)cs2)CC12CC=CC2. The second kappa shape index (κ2) is 5.18. The molecular weight excluding hydrogens is 322 g/mol. The van der Waals surface area contributed by atoms with Gasteiger partial charge in [0.15, 0.2) is 0 Å². The van der Waals surface area contributed by atoms with Crippen molar-refractivity contribution in [3.05, 3.63) is 29.2 Å². The first-order valence-electron chi connectivity index (χ1n) is 7.27. The highest BCUT2D eigenvalue weighted by Gasteiger charge is 2.58. The van der Waals surface area contributed by atoms with E-state index in [0.29, 0.717) is 6.54 Å². The van der Waals surface area contributed by atoms with Crippen LogP contribution in [0.15, 0.2) is 27.8 Å². The van der Waals surface area contributed by atoms with E-state index >= 15 is 0 Å². The van der Waals surface area contributed by atoms with Gasteiger partial charge in [-0.05, 0) is 24.8 Å². The lowest BCUT2D eigenvalue weighted by atomic mass is 9.67. The standard InChI is InChI=1S/C15H19NO4S2/c1-10(2)13-15(5-3-4-6-15)9-16(13)22(19,20)12-7-11(8-21-12)14(17)18/h3-4,7-8,10,13H,5-6,9H2,1-2H3,(H,17,18). The minimum absolute atomic E-state index is 0.0251. The highest BCUT2D eigenvalue weighted by molar-refractivity contribution is 7.91. The summed E-state index contributed by atoms with van der Waals surface area (Å²) in [6.07, 6.45) is 6.11. The lowest BCUT2D eigenvalue weighted by Crippen LogP contribution is -2.67. The van der Waals surface area contributed by atoms with Crippen molar-refractivity contribution in [2.45, 2.75) is 36.9 Å². The third kappa shape index (κ3) is 2.23. The molecule has 7 heteroatoms. The molecule has 0 aromatic carbocycles. The number of carboxylic acids is 1. The maximum absolute atomic E-state index is 12.8. The van der Waals surface area contributed by atoms with Crippen LogP contribution < -0.4 is 0 Å². The predicted octanol–water partition coefficient (Wildman–Crippen LogP) is 2.81. The van der Waals surface area contributed by atoms with Crippen LogP contribution in [0, 0.1) is 11.3 Å². The fourth-order valence-corrected chi connectivity index (χ4v) is 6.96. The fourth-order valence-electron chi connectivity index (χ4n) is 3.74. The average Bonchev–Trinajstić information content (AvgIpc) is 3.06. The van der Waals surface area contributed by atoms with Crippen LogP contribution in [0.5, 0.6) is 0 Å². The molecule has 1 fully saturated rings. The monoisotopic (exact) mass is 341 g/mol. The van der Waals surface area contributed by atoms with E-state index in [-0.39, 0.29) is 27.1 Å². The molecule has 5 nitrogen and oxygen atoms in total. The summed E-state index contributed by atoms with van der Waals surface area (Å²) in [5, 5.41) is 10.4. The first kappa shape index (κ1) is 15.7. The molecule has 120 valence electrons. The van der Waals surface area contributed by atoms with Gasteiger partial charge in [-0.3, -0.25) is 0 Å². The summed E-state index contributed by atoms with van der Waals surface area (Å²) in [6.45, 7) is 4.61. The van der Waals surface area contributed by atoms with E-state index in [1.807, 2.05) is 13.8 Å². The van der Waals surface area contributed by atoms with Gasteiger partial charge >= 0.3 is 5.97 Å². The quantitative estimate of drug-likeness (QED) is 0.855. The molecule has 0 radical (unpaired) electrons. The Balaban J connectivity index is 1.90. The van der Waals surface area contributed by atoms with Crippen LogP contribution >= 0.6 is 11.3 Å². The smallest absolute Gasteiger partial charge is 0.336 e. The molecule has 1 saturated heterocycles. The van der Waals surface area contributed by atoms with Crippen molar-refractivity contribution >= 4 is 27.3 Å². The van der Waals surface area contributed by atoms with Crippen molar-refractivity contribution in [2.24, 2.45) is 11.3 Å². The van der Waals surface area contributed by atoms with Gasteiger partial charge in [-0.2, -0.15) is 4.31 Å². The number of thiophene rings is 1. The number of carboxylic acid groups (broad SMARTS) is 1. The van der Waals surface area contributed by atoms with E-state index in [2.05, 4.69) is 12.2 Å². The van der Waals surface area contributed by atoms with Gasteiger partial charge in [0, 0.05) is 23.4 Å². The number of nitrogens with zero attached hydrogens (tertiary/aromatic N) is 1. The number of sulfonamides is 1. The minimum atomic E-state index is -3.61. The molecule has 0 bridgehead atoms. The van der Waals surface area contributed by atoms with Gasteiger partial charge in [0.2, 0.25) is 0 Å². The highest BCUT2D eigenvalue weighted by atomic mass is 32.2. The lowest BCUT2D eigenvalue weighted by Gasteiger charge is -2.56. The summed E-state index contributed by atoms with van der Waals surface area (Å²) in [5.41, 5.74) is 0.0659. The Bertz CT molecular complexity index is 724. The Labute approximate surface area is 134 Å². The van der Waals surface area contributed by atoms with E-state index in [1.54, 1.807) is 4.31 Å². The van der Waals surface area contributed by atoms with Crippen LogP contribution in [0.4, 0.5) is 0 Å². The lowest BCUT2D eigenvalue weighted by molar-refractivity contribution is -0.0290. The molecule has 1 N–H and O–H groups in total. The first-order valence-corrected chi connectivity index (χ1v) is 9.58. The second-order valence-corrected chi connectivity index (χ2v) is 9.47. The maximum Gasteiger partial charge on any atom is 0.336 e. The Morgan fingerprint density at radius 2 is 2.05 bits per heavy atom. The van der Waals surface area contributed by atoms with Crippen molar-refractivity contribution in [1.29, 1.82) is 0 Å². The van der Waals surface area contributed by atoms with Crippen LogP contribution in [0.25, 0.3) is 0 Å². The van der Waals surface area contributed by atoms with Gasteiger partial charge in [-0.15, -0.1) is 11.3 Å². The molecule has 1 atom stereocenters. The molecule has 2 heterocycles. The Morgan fingerprint density at radius 3 is 2.55 bits per heavy atom. The van der Waals surface area contributed by atoms with Crippen molar-refractivity contribution in [3.63, 3.8) is 0 Å². The topological polar surface area (TPSA) is 74.7 Å². The van der Waals surface area contributed by atoms with Crippen molar-refractivity contribution in [2.75, 3.05) is 6.54 Å². The average molecular weight is 341 g/mol. The zero-order valence-corrected chi connectivity index (χ0v) is 14.2. The van der Waals surface area contributed by atoms with Gasteiger partial charge < -0.3 is 5.11 Å². The Morgan fingerprint density at radius 1 is 1.41 bits per heavy atom. The number of rotatable bonds is 4. The molecule has 2 aliphatic rings. The molecule has 1 aliphatic heterocycles. The molecule has 1 unspecified atom stereocenters. The van der Waals surface area contributed by atoms with Crippen molar-refractivity contribution < 1.29 is 18.3 Å². The molecule has 1 aromatic rings. The second-order valence-electron chi connectivity index (χ2n) is 6.44. The summed E-state index contributed by atoms with van der Waals surface area (Å²) in [7, 11) is -3.61. The predicted molar refractivity (Wildman–Crippen MR) is 84.6 cm³/mol. The van der Waals surface area contributed by atoms with Crippen LogP contribution in [0.1, 0.15) is 37.0 Å². The molecule has 0 amide bonds. The number of hydrogen-bond acceptors (Lipinski definition) is 4. The highest BCUT2D eigenvalue weighted by Crippen LogP contribution is 2.52. The summed E-state index contributed by atoms with van der Waals surface area (Å²) in [5.74, 6) is -0.875. The van der Waals surface area contributed by atoms with Gasteiger partial charge in [0.05, 0.1) is 5.56 Å². The molecule has 1 spiro atoms. The van der Waals surface area contributed by atoms with Crippen LogP contribution in [0.2, 0.25) is 0 Å². The Hall–Kier alpha value is -1.18. The van der Waals surface area contributed by atoms with E-state index in [4.69, 9.17) is 5.11 Å². The summed E-state index contributed by atoms with van der Waals surface area (Å²) in [4.78, 5) is 11.0. The number of carbonyl (C=O) groups is 1. The largest absolute Gasteiger partial charge is 0.478 e. The molecule has 3 rings (SSSR count). The number of aromatic carboxylic acids is 1. The Kier molecular flexibility index (Phi) is 3.70. The number of hydrogen-bond donors (Lipinski definition) is 1. The van der Waals surface area contributed by atoms with E-state index in [1.165, 1.54) is 11.4 Å². The molecule has 22 heavy (non-hydrogen) atoms. The molecule has 1 aliphatic carbocycles. The van der Waals surface area contributed by atoms with Gasteiger partial charge in [0.1, 0.15) is 4.21 Å². The first-order chi connectivity index (χ1) is 10.3. The maximum atomic E-state index is 12.8. The zero-order chi connectivity index (χ0) is 16.1. The van der Waals surface area contributed by atoms with E-state index < -0.39 is 16.0 Å². The third-order valence-corrected chi connectivity index (χ3v) is 7.88. The van der Waals surface area contributed by atoms with E-state index in [9.17, 15) is 13.2 Å². The van der Waals surface area contributed by atoms with Crippen LogP contribution in [-0.2, 0) is 10.0 Å². The summed E-state index contributed by atoms with van der Waals surface area (Å²) in [6, 6.07) is 1.24. The van der Waals surface area contributed by atoms with Crippen molar-refractivity contribution in [1.82, 2.24) is 4.31 Å². The minimum Gasteiger partial charge on any atom is -0.478 e. The normalized spacial score (nSPS) is 24.0. The number of allylic oxidation sites excluding steroid dienone is 2. The zero-order valence-electron chi connectivity index (χ0n) is 12.5. The van der Waals surface area contributed by atoms with Gasteiger partial charge in [-0.25, -0.2) is 13.2 Å². The van der Waals surface area contributed by atoms with Gasteiger partial charge in [0.25, 0.3) is 10.0 Å². The molecule has 0 saturated carbocycles. The van der Waals surface area contributed by atoms with Crippen molar-refractivity contribution in [3.8, 4) is 0 Å². The summed E-state index contributed by atoms with van der Waals surface area (Å²) >= 11 is 0.981. The molecular formula is C15H19NO4S2. The van der Waals surface area contributed by atoms with Gasteiger partial charge in [-0.1, -0.05) is 26.0 Å². The van der Waals surface area contributed by atoms with Crippen LogP contribution in [-0.4, -0.2) is 36.4 Å². The fraction of sp³-hybridized carbons (Fsp3) is 0.533. The summed E-state index contributed by atoms with van der Waals surface area (Å²) < 4.78 is 27.3. The van der Waals surface area contributed by atoms with Crippen LogP contribution in [0.3, 0.4) is 0 Å².